The monoisotopic (exact) mass is 244 g/mol. The van der Waals surface area contributed by atoms with E-state index in [-0.39, 0.29) is 13.2 Å². The first kappa shape index (κ1) is 14.4. The van der Waals surface area contributed by atoms with Gasteiger partial charge in [0.15, 0.2) is 0 Å². The standard InChI is InChI=1S/2C8H10O/c1-7-3-2-4-8(5-7)6-9;1-7-4-2-3-5-8(7)6-9/h2*2-5,9H,6H2,1H3. The van der Waals surface area contributed by atoms with Crippen molar-refractivity contribution in [1.82, 2.24) is 0 Å². The Balaban J connectivity index is 0.000000180. The molecule has 0 atom stereocenters. The third-order valence-electron chi connectivity index (χ3n) is 2.70. The van der Waals surface area contributed by atoms with Gasteiger partial charge in [0.05, 0.1) is 13.2 Å². The number of aliphatic hydroxyl groups excluding tert-OH is 2. The highest BCUT2D eigenvalue weighted by molar-refractivity contribution is 5.24. The van der Waals surface area contributed by atoms with Gasteiger partial charge in [-0.1, -0.05) is 54.1 Å². The summed E-state index contributed by atoms with van der Waals surface area (Å²) in [5.74, 6) is 0. The molecule has 0 bridgehead atoms. The molecule has 0 radical (unpaired) electrons. The quantitative estimate of drug-likeness (QED) is 0.852. The molecule has 2 aromatic rings. The van der Waals surface area contributed by atoms with Crippen molar-refractivity contribution in [2.75, 3.05) is 0 Å². The zero-order valence-corrected chi connectivity index (χ0v) is 10.9. The number of hydrogen-bond acceptors (Lipinski definition) is 2. The molecule has 0 saturated carbocycles. The van der Waals surface area contributed by atoms with Gasteiger partial charge in [0, 0.05) is 0 Å². The van der Waals surface area contributed by atoms with E-state index < -0.39 is 0 Å². The molecule has 96 valence electrons. The molecule has 0 fully saturated rings. The van der Waals surface area contributed by atoms with Crippen LogP contribution in [0.15, 0.2) is 48.5 Å². The zero-order valence-electron chi connectivity index (χ0n) is 10.9. The predicted octanol–water partition coefficient (Wildman–Crippen LogP) is 2.97. The SMILES string of the molecule is Cc1cccc(CO)c1.Cc1ccccc1CO. The van der Waals surface area contributed by atoms with Crippen LogP contribution < -0.4 is 0 Å². The summed E-state index contributed by atoms with van der Waals surface area (Å²) in [6, 6.07) is 15.7. The minimum atomic E-state index is 0.141. The lowest BCUT2D eigenvalue weighted by Gasteiger charge is -1.97. The third-order valence-corrected chi connectivity index (χ3v) is 2.70. The van der Waals surface area contributed by atoms with Crippen molar-refractivity contribution in [1.29, 1.82) is 0 Å². The highest BCUT2D eigenvalue weighted by Gasteiger charge is 1.90. The topological polar surface area (TPSA) is 40.5 Å². The lowest BCUT2D eigenvalue weighted by Crippen LogP contribution is -1.85. The largest absolute Gasteiger partial charge is 0.392 e. The van der Waals surface area contributed by atoms with E-state index in [1.54, 1.807) is 0 Å². The van der Waals surface area contributed by atoms with Crippen LogP contribution in [0.25, 0.3) is 0 Å². The van der Waals surface area contributed by atoms with Crippen molar-refractivity contribution in [3.63, 3.8) is 0 Å². The molecule has 2 aromatic carbocycles. The van der Waals surface area contributed by atoms with Crippen LogP contribution in [0.2, 0.25) is 0 Å². The summed E-state index contributed by atoms with van der Waals surface area (Å²) in [5.41, 5.74) is 4.34. The number of aliphatic hydroxyl groups is 2. The summed E-state index contributed by atoms with van der Waals surface area (Å²) in [7, 11) is 0. The average Bonchev–Trinajstić information content (AvgIpc) is 2.40. The Bertz CT molecular complexity index is 478. The number of hydrogen-bond donors (Lipinski definition) is 2. The Hall–Kier alpha value is -1.64. The normalized spacial score (nSPS) is 9.56. The molecule has 2 nitrogen and oxygen atoms in total. The summed E-state index contributed by atoms with van der Waals surface area (Å²) < 4.78 is 0. The highest BCUT2D eigenvalue weighted by atomic mass is 16.3. The molecule has 0 unspecified atom stereocenters. The fourth-order valence-electron chi connectivity index (χ4n) is 1.60. The molecule has 0 aliphatic rings. The van der Waals surface area contributed by atoms with Gasteiger partial charge in [-0.2, -0.15) is 0 Å². The van der Waals surface area contributed by atoms with Gasteiger partial charge in [-0.05, 0) is 30.5 Å². The second-order valence-corrected chi connectivity index (χ2v) is 4.23. The maximum absolute atomic E-state index is 8.72. The van der Waals surface area contributed by atoms with Crippen LogP contribution in [0.1, 0.15) is 22.3 Å². The third kappa shape index (κ3) is 4.70. The summed E-state index contributed by atoms with van der Waals surface area (Å²) >= 11 is 0. The van der Waals surface area contributed by atoms with Crippen LogP contribution in [0.4, 0.5) is 0 Å². The Morgan fingerprint density at radius 2 is 1.56 bits per heavy atom. The van der Waals surface area contributed by atoms with Crippen molar-refractivity contribution in [3.05, 3.63) is 70.8 Å². The van der Waals surface area contributed by atoms with Crippen LogP contribution in [0.3, 0.4) is 0 Å². The molecule has 0 heterocycles. The van der Waals surface area contributed by atoms with Crippen molar-refractivity contribution in [2.24, 2.45) is 0 Å². The molecule has 0 aliphatic carbocycles. The number of aryl methyl sites for hydroxylation is 2. The van der Waals surface area contributed by atoms with Gasteiger partial charge in [-0.3, -0.25) is 0 Å². The number of benzene rings is 2. The first-order chi connectivity index (χ1) is 8.67. The molecule has 2 heteroatoms. The summed E-state index contributed by atoms with van der Waals surface area (Å²) in [6.45, 7) is 4.29. The molecule has 2 N–H and O–H groups in total. The Kier molecular flexibility index (Phi) is 6.12. The van der Waals surface area contributed by atoms with Gasteiger partial charge in [0.25, 0.3) is 0 Å². The van der Waals surface area contributed by atoms with Crippen LogP contribution in [-0.2, 0) is 13.2 Å². The van der Waals surface area contributed by atoms with E-state index in [2.05, 4.69) is 0 Å². The zero-order chi connectivity index (χ0) is 13.4. The van der Waals surface area contributed by atoms with Crippen LogP contribution >= 0.6 is 0 Å². The van der Waals surface area contributed by atoms with Gasteiger partial charge < -0.3 is 10.2 Å². The van der Waals surface area contributed by atoms with E-state index in [4.69, 9.17) is 10.2 Å². The van der Waals surface area contributed by atoms with E-state index >= 15 is 0 Å². The fraction of sp³-hybridized carbons (Fsp3) is 0.250. The van der Waals surface area contributed by atoms with E-state index in [0.29, 0.717) is 0 Å². The van der Waals surface area contributed by atoms with Gasteiger partial charge in [0.2, 0.25) is 0 Å². The van der Waals surface area contributed by atoms with Crippen LogP contribution in [0, 0.1) is 13.8 Å². The van der Waals surface area contributed by atoms with E-state index in [0.717, 1.165) is 16.7 Å². The molecule has 0 spiro atoms. The van der Waals surface area contributed by atoms with Gasteiger partial charge >= 0.3 is 0 Å². The summed E-state index contributed by atoms with van der Waals surface area (Å²) in [6.07, 6.45) is 0. The number of rotatable bonds is 2. The predicted molar refractivity (Wildman–Crippen MR) is 74.2 cm³/mol. The molecule has 0 aromatic heterocycles. The van der Waals surface area contributed by atoms with Gasteiger partial charge in [0.1, 0.15) is 0 Å². The van der Waals surface area contributed by atoms with Crippen LogP contribution in [0.5, 0.6) is 0 Å². The lowest BCUT2D eigenvalue weighted by molar-refractivity contribution is 0.281. The molecule has 2 rings (SSSR count). The average molecular weight is 244 g/mol. The second-order valence-electron chi connectivity index (χ2n) is 4.23. The van der Waals surface area contributed by atoms with Crippen molar-refractivity contribution < 1.29 is 10.2 Å². The first-order valence-electron chi connectivity index (χ1n) is 5.99. The highest BCUT2D eigenvalue weighted by Crippen LogP contribution is 2.05. The van der Waals surface area contributed by atoms with Crippen molar-refractivity contribution in [2.45, 2.75) is 27.1 Å². The first-order valence-corrected chi connectivity index (χ1v) is 5.99. The minimum absolute atomic E-state index is 0.141. The molecule has 18 heavy (non-hydrogen) atoms. The van der Waals surface area contributed by atoms with E-state index in [1.807, 2.05) is 62.4 Å². The maximum Gasteiger partial charge on any atom is 0.0684 e. The van der Waals surface area contributed by atoms with Crippen molar-refractivity contribution in [3.8, 4) is 0 Å². The maximum atomic E-state index is 8.72. The second kappa shape index (κ2) is 7.64. The van der Waals surface area contributed by atoms with E-state index in [1.165, 1.54) is 5.56 Å². The lowest BCUT2D eigenvalue weighted by atomic mass is 10.1. The Morgan fingerprint density at radius 3 is 2.00 bits per heavy atom. The minimum Gasteiger partial charge on any atom is -0.392 e. The van der Waals surface area contributed by atoms with Crippen LogP contribution in [-0.4, -0.2) is 10.2 Å². The Labute approximate surface area is 109 Å². The molecular formula is C16H20O2. The summed E-state index contributed by atoms with van der Waals surface area (Å²) in [4.78, 5) is 0. The molecule has 0 saturated heterocycles. The van der Waals surface area contributed by atoms with E-state index in [9.17, 15) is 0 Å². The van der Waals surface area contributed by atoms with Gasteiger partial charge in [-0.25, -0.2) is 0 Å². The fourth-order valence-corrected chi connectivity index (χ4v) is 1.60. The Morgan fingerprint density at radius 1 is 0.833 bits per heavy atom. The molecule has 0 aliphatic heterocycles. The smallest absolute Gasteiger partial charge is 0.0684 e. The van der Waals surface area contributed by atoms with Crippen molar-refractivity contribution >= 4 is 0 Å². The molecular weight excluding hydrogens is 224 g/mol. The summed E-state index contributed by atoms with van der Waals surface area (Å²) in [5, 5.41) is 17.4. The molecule has 0 amide bonds. The van der Waals surface area contributed by atoms with Gasteiger partial charge in [-0.15, -0.1) is 0 Å².